The van der Waals surface area contributed by atoms with Gasteiger partial charge in [0.1, 0.15) is 12.0 Å². The van der Waals surface area contributed by atoms with Crippen molar-refractivity contribution in [3.05, 3.63) is 36.0 Å². The van der Waals surface area contributed by atoms with Gasteiger partial charge in [-0.25, -0.2) is 0 Å². The number of carbonyl (C=O) groups excluding carboxylic acids is 1. The third-order valence-electron chi connectivity index (χ3n) is 2.27. The Kier molecular flexibility index (Phi) is 5.12. The highest BCUT2D eigenvalue weighted by atomic mass is 16.5. The van der Waals surface area contributed by atoms with E-state index in [1.807, 2.05) is 37.3 Å². The van der Waals surface area contributed by atoms with E-state index in [2.05, 4.69) is 5.32 Å². The van der Waals surface area contributed by atoms with Gasteiger partial charge in [-0.15, -0.1) is 0 Å². The summed E-state index contributed by atoms with van der Waals surface area (Å²) >= 11 is 0. The Labute approximate surface area is 96.1 Å². The molecule has 3 nitrogen and oxygen atoms in total. The molecule has 0 aliphatic heterocycles. The lowest BCUT2D eigenvalue weighted by molar-refractivity contribution is -0.107. The molecular formula is C13H17NO2. The summed E-state index contributed by atoms with van der Waals surface area (Å²) in [7, 11) is 1.64. The van der Waals surface area contributed by atoms with Crippen LogP contribution < -0.4 is 10.1 Å². The van der Waals surface area contributed by atoms with Crippen molar-refractivity contribution in [1.29, 1.82) is 0 Å². The fourth-order valence-electron chi connectivity index (χ4n) is 1.35. The molecule has 0 heterocycles. The van der Waals surface area contributed by atoms with Crippen LogP contribution in [0.25, 0.3) is 0 Å². The number of rotatable bonds is 6. The zero-order valence-corrected chi connectivity index (χ0v) is 9.69. The molecule has 16 heavy (non-hydrogen) atoms. The lowest BCUT2D eigenvalue weighted by Gasteiger charge is -2.09. The van der Waals surface area contributed by atoms with Gasteiger partial charge < -0.3 is 14.8 Å². The zero-order chi connectivity index (χ0) is 11.8. The van der Waals surface area contributed by atoms with Gasteiger partial charge in [0.25, 0.3) is 0 Å². The summed E-state index contributed by atoms with van der Waals surface area (Å²) in [6.45, 7) is 1.96. The van der Waals surface area contributed by atoms with Gasteiger partial charge in [-0.2, -0.15) is 0 Å². The number of carbonyl (C=O) groups is 1. The van der Waals surface area contributed by atoms with Crippen LogP contribution in [0.3, 0.4) is 0 Å². The van der Waals surface area contributed by atoms with Gasteiger partial charge in [0.05, 0.1) is 7.11 Å². The van der Waals surface area contributed by atoms with E-state index in [4.69, 9.17) is 4.74 Å². The lowest BCUT2D eigenvalue weighted by Crippen LogP contribution is -1.99. The monoisotopic (exact) mass is 219 g/mol. The van der Waals surface area contributed by atoms with E-state index in [1.165, 1.54) is 0 Å². The predicted octanol–water partition coefficient (Wildman–Crippen LogP) is 2.99. The van der Waals surface area contributed by atoms with E-state index in [9.17, 15) is 4.79 Å². The van der Waals surface area contributed by atoms with Gasteiger partial charge in [-0.05, 0) is 37.6 Å². The summed E-state index contributed by atoms with van der Waals surface area (Å²) < 4.78 is 5.08. The number of methoxy groups -OCH3 is 1. The van der Waals surface area contributed by atoms with Crippen LogP contribution in [0.1, 0.15) is 19.8 Å². The first kappa shape index (κ1) is 12.3. The summed E-state index contributed by atoms with van der Waals surface area (Å²) in [5.74, 6) is 0.834. The Bertz CT molecular complexity index is 355. The molecule has 0 aromatic heterocycles. The van der Waals surface area contributed by atoms with Crippen LogP contribution in [-0.4, -0.2) is 13.4 Å². The van der Waals surface area contributed by atoms with Gasteiger partial charge in [0.2, 0.25) is 0 Å². The number of hydrogen-bond acceptors (Lipinski definition) is 3. The first-order chi connectivity index (χ1) is 7.80. The first-order valence-corrected chi connectivity index (χ1v) is 5.30. The fraction of sp³-hybridized carbons (Fsp3) is 0.308. The van der Waals surface area contributed by atoms with E-state index >= 15 is 0 Å². The highest BCUT2D eigenvalue weighted by molar-refractivity contribution is 5.53. The number of hydrogen-bond donors (Lipinski definition) is 1. The average Bonchev–Trinajstić information content (AvgIpc) is 2.35. The molecule has 0 unspecified atom stereocenters. The Balaban J connectivity index is 2.60. The van der Waals surface area contributed by atoms with Crippen molar-refractivity contribution >= 4 is 12.0 Å². The second-order valence-electron chi connectivity index (χ2n) is 3.37. The molecule has 0 saturated carbocycles. The van der Waals surface area contributed by atoms with Crippen molar-refractivity contribution in [2.75, 3.05) is 12.4 Å². The SMILES string of the molecule is C/C=C(/CCC=O)Nc1ccc(OC)cc1. The average molecular weight is 219 g/mol. The molecule has 0 aliphatic rings. The molecule has 86 valence electrons. The molecule has 0 bridgehead atoms. The molecule has 0 fully saturated rings. The molecule has 0 amide bonds. The molecule has 1 rings (SSSR count). The Hall–Kier alpha value is -1.77. The zero-order valence-electron chi connectivity index (χ0n) is 9.69. The Morgan fingerprint density at radius 3 is 2.56 bits per heavy atom. The molecular weight excluding hydrogens is 202 g/mol. The Morgan fingerprint density at radius 2 is 2.06 bits per heavy atom. The van der Waals surface area contributed by atoms with E-state index < -0.39 is 0 Å². The maximum absolute atomic E-state index is 10.3. The molecule has 1 N–H and O–H groups in total. The van der Waals surface area contributed by atoms with Crippen molar-refractivity contribution in [1.82, 2.24) is 0 Å². The summed E-state index contributed by atoms with van der Waals surface area (Å²) in [6.07, 6.45) is 4.20. The van der Waals surface area contributed by atoms with Crippen LogP contribution in [0.2, 0.25) is 0 Å². The second kappa shape index (κ2) is 6.67. The molecule has 0 aliphatic carbocycles. The summed E-state index contributed by atoms with van der Waals surface area (Å²) in [6, 6.07) is 7.69. The topological polar surface area (TPSA) is 38.3 Å². The van der Waals surface area contributed by atoms with Crippen molar-refractivity contribution in [3.8, 4) is 5.75 Å². The van der Waals surface area contributed by atoms with Crippen LogP contribution in [0.4, 0.5) is 5.69 Å². The third-order valence-corrected chi connectivity index (χ3v) is 2.27. The fourth-order valence-corrected chi connectivity index (χ4v) is 1.35. The summed E-state index contributed by atoms with van der Waals surface area (Å²) in [5.41, 5.74) is 2.05. The first-order valence-electron chi connectivity index (χ1n) is 5.30. The number of nitrogens with one attached hydrogen (secondary N) is 1. The van der Waals surface area contributed by atoms with Gasteiger partial charge >= 0.3 is 0 Å². The van der Waals surface area contributed by atoms with Crippen molar-refractivity contribution in [2.24, 2.45) is 0 Å². The van der Waals surface area contributed by atoms with Crippen molar-refractivity contribution in [3.63, 3.8) is 0 Å². The minimum Gasteiger partial charge on any atom is -0.497 e. The largest absolute Gasteiger partial charge is 0.497 e. The van der Waals surface area contributed by atoms with Crippen molar-refractivity contribution in [2.45, 2.75) is 19.8 Å². The number of anilines is 1. The number of benzene rings is 1. The Morgan fingerprint density at radius 1 is 1.38 bits per heavy atom. The molecule has 0 radical (unpaired) electrons. The van der Waals surface area contributed by atoms with Crippen LogP contribution in [0, 0.1) is 0 Å². The number of ether oxygens (including phenoxy) is 1. The highest BCUT2D eigenvalue weighted by Crippen LogP contribution is 2.17. The molecule has 0 atom stereocenters. The third kappa shape index (κ3) is 3.77. The van der Waals surface area contributed by atoms with Crippen LogP contribution in [-0.2, 0) is 4.79 Å². The highest BCUT2D eigenvalue weighted by Gasteiger charge is 1.97. The minimum absolute atomic E-state index is 0.544. The second-order valence-corrected chi connectivity index (χ2v) is 3.37. The van der Waals surface area contributed by atoms with E-state index in [0.29, 0.717) is 6.42 Å². The summed E-state index contributed by atoms with van der Waals surface area (Å²) in [4.78, 5) is 10.3. The molecule has 1 aromatic rings. The van der Waals surface area contributed by atoms with Crippen LogP contribution in [0.15, 0.2) is 36.0 Å². The van der Waals surface area contributed by atoms with Gasteiger partial charge in [-0.1, -0.05) is 6.08 Å². The molecule has 0 spiro atoms. The van der Waals surface area contributed by atoms with Gasteiger partial charge in [0, 0.05) is 17.8 Å². The standard InChI is InChI=1S/C13H17NO2/c1-3-11(5-4-10-15)14-12-6-8-13(16-2)9-7-12/h3,6-10,14H,4-5H2,1-2H3/b11-3-. The van der Waals surface area contributed by atoms with Gasteiger partial charge in [0.15, 0.2) is 0 Å². The summed E-state index contributed by atoms with van der Waals surface area (Å²) in [5, 5.41) is 3.26. The number of aldehydes is 1. The number of allylic oxidation sites excluding steroid dienone is 2. The normalized spacial score (nSPS) is 11.0. The molecule has 0 saturated heterocycles. The van der Waals surface area contributed by atoms with Crippen LogP contribution in [0.5, 0.6) is 5.75 Å². The molecule has 3 heteroatoms. The van der Waals surface area contributed by atoms with Crippen molar-refractivity contribution < 1.29 is 9.53 Å². The van der Waals surface area contributed by atoms with E-state index in [-0.39, 0.29) is 0 Å². The van der Waals surface area contributed by atoms with Gasteiger partial charge in [-0.3, -0.25) is 0 Å². The smallest absolute Gasteiger partial charge is 0.120 e. The van der Waals surface area contributed by atoms with E-state index in [0.717, 1.165) is 29.8 Å². The molecule has 1 aromatic carbocycles. The van der Waals surface area contributed by atoms with E-state index in [1.54, 1.807) is 7.11 Å². The maximum Gasteiger partial charge on any atom is 0.120 e. The quantitative estimate of drug-likeness (QED) is 0.747. The maximum atomic E-state index is 10.3. The van der Waals surface area contributed by atoms with Crippen LogP contribution >= 0.6 is 0 Å². The minimum atomic E-state index is 0.544. The lowest BCUT2D eigenvalue weighted by atomic mass is 10.2. The predicted molar refractivity (Wildman–Crippen MR) is 65.7 cm³/mol.